The molecule has 11 heteroatoms. The van der Waals surface area contributed by atoms with Crippen LogP contribution in [0, 0.1) is 11.7 Å². The number of carbonyl (C=O) groups excluding carboxylic acids is 2. The lowest BCUT2D eigenvalue weighted by Gasteiger charge is -2.35. The first-order valence-corrected chi connectivity index (χ1v) is 15.5. The minimum atomic E-state index is -3.32. The molecule has 1 heterocycles. The fourth-order valence-electron chi connectivity index (χ4n) is 4.75. The van der Waals surface area contributed by atoms with Crippen LogP contribution in [0.2, 0.25) is 0 Å². The Morgan fingerprint density at radius 2 is 1.82 bits per heavy atom. The third-order valence-corrected chi connectivity index (χ3v) is 8.61. The summed E-state index contributed by atoms with van der Waals surface area (Å²) in [4.78, 5) is 27.8. The Kier molecular flexibility index (Phi) is 11.5. The lowest BCUT2D eigenvalue weighted by atomic mass is 10.1. The van der Waals surface area contributed by atoms with E-state index in [4.69, 9.17) is 4.74 Å². The Morgan fingerprint density at radius 3 is 2.42 bits per heavy atom. The first-order valence-electron chi connectivity index (χ1n) is 13.6. The summed E-state index contributed by atoms with van der Waals surface area (Å²) in [7, 11) is -1.69. The molecule has 1 saturated carbocycles. The maximum Gasteiger partial charge on any atom is 0.251 e. The van der Waals surface area contributed by atoms with Crippen LogP contribution in [0.25, 0.3) is 0 Å². The van der Waals surface area contributed by atoms with Gasteiger partial charge < -0.3 is 20.3 Å². The zero-order chi connectivity index (χ0) is 29.3. The van der Waals surface area contributed by atoms with Crippen LogP contribution in [0.15, 0.2) is 60.4 Å². The van der Waals surface area contributed by atoms with E-state index in [1.165, 1.54) is 28.6 Å². The maximum absolute atomic E-state index is 13.4. The minimum Gasteiger partial charge on any atom is -0.497 e. The number of sulfonamides is 1. The van der Waals surface area contributed by atoms with E-state index in [2.05, 4.69) is 17.2 Å². The predicted molar refractivity (Wildman–Crippen MR) is 153 cm³/mol. The van der Waals surface area contributed by atoms with Crippen LogP contribution < -0.4 is 10.6 Å². The Balaban J connectivity index is 1.50. The first-order chi connectivity index (χ1) is 19.0. The monoisotopic (exact) mass is 576 g/mol. The number of rotatable bonds is 14. The average Bonchev–Trinajstić information content (AvgIpc) is 3.72. The molecule has 220 valence electrons. The van der Waals surface area contributed by atoms with E-state index < -0.39 is 27.8 Å². The second kappa shape index (κ2) is 14.6. The molecule has 2 aliphatic rings. The van der Waals surface area contributed by atoms with Gasteiger partial charge in [0.15, 0.2) is 0 Å². The van der Waals surface area contributed by atoms with E-state index in [1.807, 2.05) is 25.2 Å². The van der Waals surface area contributed by atoms with Crippen molar-refractivity contribution in [1.82, 2.24) is 19.8 Å². The lowest BCUT2D eigenvalue weighted by molar-refractivity contribution is -0.134. The second-order valence-corrected chi connectivity index (χ2v) is 12.2. The highest BCUT2D eigenvalue weighted by Gasteiger charge is 2.37. The van der Waals surface area contributed by atoms with Crippen molar-refractivity contribution in [3.05, 3.63) is 71.8 Å². The van der Waals surface area contributed by atoms with Crippen molar-refractivity contribution in [2.75, 3.05) is 46.1 Å². The molecule has 9 nitrogen and oxygen atoms in total. The summed E-state index contributed by atoms with van der Waals surface area (Å²) in [6, 6.07) is 4.77. The maximum atomic E-state index is 13.4. The number of unbranched alkanes of at least 4 members (excludes halogenated alkanes) is 1. The number of nitrogens with zero attached hydrogens (tertiary/aromatic N) is 2. The zero-order valence-corrected chi connectivity index (χ0v) is 24.4. The molecule has 0 bridgehead atoms. The van der Waals surface area contributed by atoms with Crippen LogP contribution in [0.1, 0.15) is 43.0 Å². The van der Waals surface area contributed by atoms with Crippen molar-refractivity contribution in [2.24, 2.45) is 5.92 Å². The number of nitrogens with one attached hydrogen (secondary N) is 2. The molecule has 2 amide bonds. The topological polar surface area (TPSA) is 108 Å². The Bertz CT molecular complexity index is 1210. The molecule has 40 heavy (non-hydrogen) atoms. The summed E-state index contributed by atoms with van der Waals surface area (Å²) in [5.74, 6) is 0.0439. The van der Waals surface area contributed by atoms with E-state index in [1.54, 1.807) is 12.0 Å². The molecule has 3 rings (SSSR count). The van der Waals surface area contributed by atoms with Gasteiger partial charge in [0.2, 0.25) is 15.9 Å². The standard InChI is InChI=1S/C29H41FN4O5S/c1-5-24(39-3)14-9-21(2)25-20-27(25)31-15-7-6-8-26(32-28(35)22-10-12-23(30)13-11-22)29(36)33-16-18-34(19-17-33)40(4,37)38/h5,9-14,25-27,31H,2,6-8,15-20H2,1,3-4H3,(H,32,35)/b14-9-,24-5+/t25-,26-,27?/m0/s1. The van der Waals surface area contributed by atoms with Crippen molar-refractivity contribution in [1.29, 1.82) is 0 Å². The first kappa shape index (κ1) is 31.5. The molecule has 1 saturated heterocycles. The molecule has 1 unspecified atom stereocenters. The molecule has 3 atom stereocenters. The SMILES string of the molecule is C=C(/C=C\C(=C/C)OC)[C@@H]1CC1NCCCC[C@H](NC(=O)c1ccc(F)cc1)C(=O)N1CCN(S(C)(=O)=O)CC1. The number of hydrogen-bond acceptors (Lipinski definition) is 6. The number of halogens is 1. The number of piperazine rings is 1. The van der Waals surface area contributed by atoms with Crippen molar-refractivity contribution >= 4 is 21.8 Å². The van der Waals surface area contributed by atoms with Crippen LogP contribution in [0.3, 0.4) is 0 Å². The van der Waals surface area contributed by atoms with Crippen LogP contribution in [0.5, 0.6) is 0 Å². The predicted octanol–water partition coefficient (Wildman–Crippen LogP) is 2.84. The quantitative estimate of drug-likeness (QED) is 0.200. The third kappa shape index (κ3) is 9.28. The normalized spacial score (nSPS) is 20.8. The molecule has 2 N–H and O–H groups in total. The van der Waals surface area contributed by atoms with Crippen LogP contribution >= 0.6 is 0 Å². The molecular formula is C29H41FN4O5S. The summed E-state index contributed by atoms with van der Waals surface area (Å²) < 4.78 is 43.6. The van der Waals surface area contributed by atoms with E-state index in [-0.39, 0.29) is 37.6 Å². The fraction of sp³-hybridized carbons (Fsp3) is 0.517. The third-order valence-electron chi connectivity index (χ3n) is 7.30. The molecule has 0 spiro atoms. The number of allylic oxidation sites excluding steroid dienone is 3. The van der Waals surface area contributed by atoms with Crippen molar-refractivity contribution in [2.45, 2.75) is 44.7 Å². The van der Waals surface area contributed by atoms with Gasteiger partial charge in [-0.05, 0) is 75.6 Å². The smallest absolute Gasteiger partial charge is 0.251 e. The number of benzene rings is 1. The highest BCUT2D eigenvalue weighted by atomic mass is 32.2. The van der Waals surface area contributed by atoms with Crippen molar-refractivity contribution in [3.8, 4) is 0 Å². The van der Waals surface area contributed by atoms with Gasteiger partial charge in [0.1, 0.15) is 17.6 Å². The van der Waals surface area contributed by atoms with Gasteiger partial charge in [-0.3, -0.25) is 9.59 Å². The Hall–Kier alpha value is -3.02. The molecule has 0 radical (unpaired) electrons. The fourth-order valence-corrected chi connectivity index (χ4v) is 5.57. The van der Waals surface area contributed by atoms with Gasteiger partial charge in [-0.15, -0.1) is 0 Å². The molecule has 1 aromatic rings. The molecule has 1 aromatic carbocycles. The van der Waals surface area contributed by atoms with Gasteiger partial charge in [0, 0.05) is 43.7 Å². The van der Waals surface area contributed by atoms with Crippen molar-refractivity contribution in [3.63, 3.8) is 0 Å². The molecule has 0 aromatic heterocycles. The van der Waals surface area contributed by atoms with Gasteiger partial charge in [-0.2, -0.15) is 4.31 Å². The van der Waals surface area contributed by atoms with E-state index >= 15 is 0 Å². The van der Waals surface area contributed by atoms with Crippen LogP contribution in [-0.4, -0.2) is 87.6 Å². The second-order valence-electron chi connectivity index (χ2n) is 10.2. The van der Waals surface area contributed by atoms with Gasteiger partial charge in [0.25, 0.3) is 5.91 Å². The van der Waals surface area contributed by atoms with E-state index in [0.29, 0.717) is 24.8 Å². The number of ether oxygens (including phenoxy) is 1. The van der Waals surface area contributed by atoms with Gasteiger partial charge in [-0.1, -0.05) is 18.2 Å². The summed E-state index contributed by atoms with van der Waals surface area (Å²) in [6.07, 6.45) is 9.92. The molecule has 1 aliphatic carbocycles. The number of hydrogen-bond donors (Lipinski definition) is 2. The van der Waals surface area contributed by atoms with Gasteiger partial charge in [-0.25, -0.2) is 12.8 Å². The molecular weight excluding hydrogens is 535 g/mol. The largest absolute Gasteiger partial charge is 0.497 e. The molecule has 2 fully saturated rings. The van der Waals surface area contributed by atoms with Gasteiger partial charge >= 0.3 is 0 Å². The highest BCUT2D eigenvalue weighted by Crippen LogP contribution is 2.37. The summed E-state index contributed by atoms with van der Waals surface area (Å²) in [5, 5.41) is 6.36. The van der Waals surface area contributed by atoms with Crippen molar-refractivity contribution < 1.29 is 27.1 Å². The Labute approximate surface area is 237 Å². The van der Waals surface area contributed by atoms with Crippen LogP contribution in [-0.2, 0) is 19.6 Å². The number of amides is 2. The average molecular weight is 577 g/mol. The number of carbonyl (C=O) groups is 2. The van der Waals surface area contributed by atoms with Crippen LogP contribution in [0.4, 0.5) is 4.39 Å². The zero-order valence-electron chi connectivity index (χ0n) is 23.6. The van der Waals surface area contributed by atoms with E-state index in [9.17, 15) is 22.4 Å². The Morgan fingerprint density at radius 1 is 1.15 bits per heavy atom. The molecule has 1 aliphatic heterocycles. The highest BCUT2D eigenvalue weighted by molar-refractivity contribution is 7.88. The minimum absolute atomic E-state index is 0.220. The van der Waals surface area contributed by atoms with E-state index in [0.717, 1.165) is 37.0 Å². The summed E-state index contributed by atoms with van der Waals surface area (Å²) in [6.45, 7) is 7.82. The number of methoxy groups -OCH3 is 1. The van der Waals surface area contributed by atoms with Gasteiger partial charge in [0.05, 0.1) is 13.4 Å². The summed E-state index contributed by atoms with van der Waals surface area (Å²) in [5.41, 5.74) is 1.32. The lowest BCUT2D eigenvalue weighted by Crippen LogP contribution is -2.55. The summed E-state index contributed by atoms with van der Waals surface area (Å²) >= 11 is 0.